The minimum atomic E-state index is -0.677. The van der Waals surface area contributed by atoms with Crippen molar-refractivity contribution in [2.75, 3.05) is 6.54 Å². The molecule has 2 fully saturated rings. The lowest BCUT2D eigenvalue weighted by atomic mass is 9.67. The average molecular weight is 206 g/mol. The van der Waals surface area contributed by atoms with Crippen LogP contribution in [0.5, 0.6) is 0 Å². The van der Waals surface area contributed by atoms with Crippen molar-refractivity contribution in [1.82, 2.24) is 5.32 Å². The molecule has 0 bridgehead atoms. The summed E-state index contributed by atoms with van der Waals surface area (Å²) in [4.78, 5) is 10.4. The number of halogens is 1. The van der Waals surface area contributed by atoms with Gasteiger partial charge in [0.1, 0.15) is 0 Å². The molecule has 2 N–H and O–H groups in total. The number of rotatable bonds is 2. The van der Waals surface area contributed by atoms with Gasteiger partial charge in [-0.25, -0.2) is 0 Å². The summed E-state index contributed by atoms with van der Waals surface area (Å²) in [5, 5.41) is 11.9. The zero-order valence-electron chi connectivity index (χ0n) is 7.58. The second-order valence-electron chi connectivity index (χ2n) is 4.23. The number of carboxylic acids is 1. The Hall–Kier alpha value is -0.280. The van der Waals surface area contributed by atoms with Gasteiger partial charge >= 0.3 is 5.97 Å². The highest BCUT2D eigenvalue weighted by atomic mass is 35.5. The molecule has 13 heavy (non-hydrogen) atoms. The molecule has 2 aliphatic rings. The molecule has 0 amide bonds. The van der Waals surface area contributed by atoms with E-state index in [1.54, 1.807) is 0 Å². The van der Waals surface area contributed by atoms with Gasteiger partial charge in [-0.2, -0.15) is 0 Å². The molecule has 0 aromatic heterocycles. The minimum Gasteiger partial charge on any atom is -0.481 e. The second-order valence-corrected chi connectivity index (χ2v) is 4.23. The van der Waals surface area contributed by atoms with E-state index in [0.717, 1.165) is 13.0 Å². The Morgan fingerprint density at radius 3 is 2.62 bits per heavy atom. The summed E-state index contributed by atoms with van der Waals surface area (Å²) in [6.45, 7) is 1.05. The first-order chi connectivity index (χ1) is 5.70. The maximum absolute atomic E-state index is 10.4. The zero-order valence-corrected chi connectivity index (χ0v) is 8.40. The Morgan fingerprint density at radius 2 is 2.23 bits per heavy atom. The van der Waals surface area contributed by atoms with Crippen LogP contribution in [0, 0.1) is 5.41 Å². The van der Waals surface area contributed by atoms with Crippen LogP contribution in [0.1, 0.15) is 32.1 Å². The fraction of sp³-hybridized carbons (Fsp3) is 0.889. The highest BCUT2D eigenvalue weighted by molar-refractivity contribution is 5.85. The number of hydrogen-bond donors (Lipinski definition) is 2. The van der Waals surface area contributed by atoms with E-state index in [2.05, 4.69) is 5.32 Å². The first kappa shape index (κ1) is 10.8. The third-order valence-corrected chi connectivity index (χ3v) is 3.28. The summed E-state index contributed by atoms with van der Waals surface area (Å²) >= 11 is 0. The molecular weight excluding hydrogens is 190 g/mol. The standard InChI is InChI=1S/C9H15NO2.ClH/c11-8(12)4-7-5-9(6-10-7)2-1-3-9;/h7,10H,1-6H2,(H,11,12);1H. The molecule has 76 valence electrons. The van der Waals surface area contributed by atoms with Gasteiger partial charge in [0.25, 0.3) is 0 Å². The van der Waals surface area contributed by atoms with Gasteiger partial charge in [-0.1, -0.05) is 6.42 Å². The van der Waals surface area contributed by atoms with Gasteiger partial charge in [-0.15, -0.1) is 12.4 Å². The predicted octanol–water partition coefficient (Wildman–Crippen LogP) is 1.42. The Kier molecular flexibility index (Phi) is 3.19. The molecule has 1 saturated carbocycles. The van der Waals surface area contributed by atoms with Crippen LogP contribution in [0.25, 0.3) is 0 Å². The molecular formula is C9H16ClNO2. The third-order valence-electron chi connectivity index (χ3n) is 3.28. The van der Waals surface area contributed by atoms with Crippen molar-refractivity contribution in [3.05, 3.63) is 0 Å². The first-order valence-corrected chi connectivity index (χ1v) is 4.65. The number of carbonyl (C=O) groups is 1. The molecule has 1 saturated heterocycles. The van der Waals surface area contributed by atoms with E-state index in [1.165, 1.54) is 19.3 Å². The number of aliphatic carboxylic acids is 1. The van der Waals surface area contributed by atoms with Crippen LogP contribution in [0.4, 0.5) is 0 Å². The maximum Gasteiger partial charge on any atom is 0.304 e. The largest absolute Gasteiger partial charge is 0.481 e. The normalized spacial score (nSPS) is 29.4. The van der Waals surface area contributed by atoms with E-state index in [1.807, 2.05) is 0 Å². The minimum absolute atomic E-state index is 0. The lowest BCUT2D eigenvalue weighted by molar-refractivity contribution is -0.137. The molecule has 4 heteroatoms. The molecule has 1 heterocycles. The molecule has 1 unspecified atom stereocenters. The van der Waals surface area contributed by atoms with Crippen molar-refractivity contribution in [1.29, 1.82) is 0 Å². The zero-order chi connectivity index (χ0) is 8.60. The van der Waals surface area contributed by atoms with Gasteiger partial charge in [0.05, 0.1) is 6.42 Å². The van der Waals surface area contributed by atoms with Crippen LogP contribution in [-0.2, 0) is 4.79 Å². The van der Waals surface area contributed by atoms with Gasteiger partial charge in [0.2, 0.25) is 0 Å². The van der Waals surface area contributed by atoms with Crippen LogP contribution in [0.2, 0.25) is 0 Å². The van der Waals surface area contributed by atoms with E-state index in [0.29, 0.717) is 11.8 Å². The van der Waals surface area contributed by atoms with Crippen molar-refractivity contribution in [2.45, 2.75) is 38.1 Å². The van der Waals surface area contributed by atoms with E-state index in [9.17, 15) is 4.79 Å². The summed E-state index contributed by atoms with van der Waals surface area (Å²) in [6.07, 6.45) is 5.31. The fourth-order valence-corrected chi connectivity index (χ4v) is 2.44. The Bertz CT molecular complexity index is 204. The Balaban J connectivity index is 0.000000845. The van der Waals surface area contributed by atoms with Gasteiger partial charge in [0.15, 0.2) is 0 Å². The molecule has 0 radical (unpaired) electrons. The topological polar surface area (TPSA) is 49.3 Å². The van der Waals surface area contributed by atoms with Crippen LogP contribution in [0.15, 0.2) is 0 Å². The third kappa shape index (κ3) is 2.15. The smallest absolute Gasteiger partial charge is 0.304 e. The summed E-state index contributed by atoms with van der Waals surface area (Å²) in [7, 11) is 0. The molecule has 2 rings (SSSR count). The van der Waals surface area contributed by atoms with Gasteiger partial charge in [-0.05, 0) is 24.7 Å². The first-order valence-electron chi connectivity index (χ1n) is 4.65. The van der Waals surface area contributed by atoms with Gasteiger partial charge in [0, 0.05) is 12.6 Å². The van der Waals surface area contributed by atoms with Gasteiger partial charge < -0.3 is 10.4 Å². The highest BCUT2D eigenvalue weighted by Gasteiger charge is 2.43. The van der Waals surface area contributed by atoms with Crippen LogP contribution >= 0.6 is 12.4 Å². The summed E-state index contributed by atoms with van der Waals surface area (Å²) in [6, 6.07) is 0.239. The van der Waals surface area contributed by atoms with Crippen molar-refractivity contribution >= 4 is 18.4 Å². The molecule has 0 aromatic rings. The highest BCUT2D eigenvalue weighted by Crippen LogP contribution is 2.47. The summed E-state index contributed by atoms with van der Waals surface area (Å²) < 4.78 is 0. The fourth-order valence-electron chi connectivity index (χ4n) is 2.44. The second kappa shape index (κ2) is 3.84. The molecule has 1 spiro atoms. The van der Waals surface area contributed by atoms with Crippen molar-refractivity contribution in [3.8, 4) is 0 Å². The lowest BCUT2D eigenvalue weighted by Gasteiger charge is -2.37. The number of carboxylic acid groups (broad SMARTS) is 1. The monoisotopic (exact) mass is 205 g/mol. The maximum atomic E-state index is 10.4. The van der Waals surface area contributed by atoms with E-state index >= 15 is 0 Å². The van der Waals surface area contributed by atoms with Crippen molar-refractivity contribution in [3.63, 3.8) is 0 Å². The lowest BCUT2D eigenvalue weighted by Crippen LogP contribution is -2.31. The quantitative estimate of drug-likeness (QED) is 0.717. The average Bonchev–Trinajstić information content (AvgIpc) is 2.29. The van der Waals surface area contributed by atoms with Crippen LogP contribution in [-0.4, -0.2) is 23.7 Å². The van der Waals surface area contributed by atoms with Gasteiger partial charge in [-0.3, -0.25) is 4.79 Å². The Labute approximate surface area is 84.3 Å². The molecule has 0 aromatic carbocycles. The predicted molar refractivity (Wildman–Crippen MR) is 52.2 cm³/mol. The van der Waals surface area contributed by atoms with Crippen LogP contribution in [0.3, 0.4) is 0 Å². The number of hydrogen-bond acceptors (Lipinski definition) is 2. The van der Waals surface area contributed by atoms with Crippen molar-refractivity contribution in [2.24, 2.45) is 5.41 Å². The molecule has 3 nitrogen and oxygen atoms in total. The summed E-state index contributed by atoms with van der Waals surface area (Å²) in [5.41, 5.74) is 0.500. The number of nitrogens with one attached hydrogen (secondary N) is 1. The van der Waals surface area contributed by atoms with E-state index in [-0.39, 0.29) is 18.4 Å². The van der Waals surface area contributed by atoms with Crippen LogP contribution < -0.4 is 5.32 Å². The van der Waals surface area contributed by atoms with E-state index < -0.39 is 5.97 Å². The van der Waals surface area contributed by atoms with E-state index in [4.69, 9.17) is 5.11 Å². The summed E-state index contributed by atoms with van der Waals surface area (Å²) in [5.74, 6) is -0.677. The Morgan fingerprint density at radius 1 is 1.54 bits per heavy atom. The molecule has 1 atom stereocenters. The molecule has 1 aliphatic carbocycles. The van der Waals surface area contributed by atoms with Crippen molar-refractivity contribution < 1.29 is 9.90 Å². The molecule has 1 aliphatic heterocycles. The SMILES string of the molecule is Cl.O=C(O)CC1CC2(CCC2)CN1.